The van der Waals surface area contributed by atoms with Gasteiger partial charge in [0.2, 0.25) is 0 Å². The summed E-state index contributed by atoms with van der Waals surface area (Å²) in [6.07, 6.45) is 2.34. The van der Waals surface area contributed by atoms with Crippen LogP contribution in [-0.4, -0.2) is 29.1 Å². The van der Waals surface area contributed by atoms with Crippen molar-refractivity contribution >= 4 is 17.6 Å². The number of rotatable bonds is 4. The van der Waals surface area contributed by atoms with Gasteiger partial charge in [-0.2, -0.15) is 0 Å². The third kappa shape index (κ3) is 3.71. The second kappa shape index (κ2) is 6.40. The van der Waals surface area contributed by atoms with Gasteiger partial charge in [-0.3, -0.25) is 9.69 Å². The van der Waals surface area contributed by atoms with Crippen LogP contribution in [0, 0.1) is 5.92 Å². The summed E-state index contributed by atoms with van der Waals surface area (Å²) in [7, 11) is 0. The van der Waals surface area contributed by atoms with Gasteiger partial charge in [0.15, 0.2) is 0 Å². The first-order chi connectivity index (χ1) is 9.08. The Morgan fingerprint density at radius 3 is 2.95 bits per heavy atom. The van der Waals surface area contributed by atoms with Crippen molar-refractivity contribution in [1.29, 1.82) is 0 Å². The molecular weight excluding hydrogens is 262 g/mol. The highest BCUT2D eigenvalue weighted by molar-refractivity contribution is 6.31. The maximum atomic E-state index is 10.8. The lowest BCUT2D eigenvalue weighted by Gasteiger charge is -2.36. The fraction of sp³-hybridized carbons (Fsp3) is 0.533. The Morgan fingerprint density at radius 1 is 1.53 bits per heavy atom. The van der Waals surface area contributed by atoms with Gasteiger partial charge in [-0.05, 0) is 43.9 Å². The zero-order chi connectivity index (χ0) is 13.8. The third-order valence-corrected chi connectivity index (χ3v) is 4.26. The number of benzene rings is 1. The van der Waals surface area contributed by atoms with E-state index in [0.29, 0.717) is 0 Å². The predicted octanol–water partition coefficient (Wildman–Crippen LogP) is 3.59. The van der Waals surface area contributed by atoms with Crippen molar-refractivity contribution in [2.75, 3.05) is 13.1 Å². The molecule has 4 heteroatoms. The summed E-state index contributed by atoms with van der Waals surface area (Å²) in [5.41, 5.74) is 1.13. The molecule has 0 bridgehead atoms. The Bertz CT molecular complexity index is 450. The van der Waals surface area contributed by atoms with Crippen molar-refractivity contribution in [3.63, 3.8) is 0 Å². The quantitative estimate of drug-likeness (QED) is 0.917. The van der Waals surface area contributed by atoms with E-state index in [2.05, 4.69) is 11.8 Å². The van der Waals surface area contributed by atoms with Crippen molar-refractivity contribution in [3.8, 4) is 0 Å². The Balaban J connectivity index is 2.05. The Morgan fingerprint density at radius 2 is 2.26 bits per heavy atom. The van der Waals surface area contributed by atoms with Crippen LogP contribution >= 0.6 is 11.6 Å². The molecule has 0 saturated carbocycles. The first-order valence-electron chi connectivity index (χ1n) is 6.78. The molecule has 1 N–H and O–H groups in total. The van der Waals surface area contributed by atoms with Gasteiger partial charge in [-0.1, -0.05) is 29.8 Å². The van der Waals surface area contributed by atoms with E-state index < -0.39 is 5.97 Å². The van der Waals surface area contributed by atoms with Crippen molar-refractivity contribution in [2.45, 2.75) is 32.2 Å². The van der Waals surface area contributed by atoms with Crippen molar-refractivity contribution in [3.05, 3.63) is 34.9 Å². The summed E-state index contributed by atoms with van der Waals surface area (Å²) < 4.78 is 0. The van der Waals surface area contributed by atoms with E-state index in [9.17, 15) is 4.79 Å². The number of hydrogen-bond acceptors (Lipinski definition) is 2. The highest BCUT2D eigenvalue weighted by atomic mass is 35.5. The molecule has 0 aromatic heterocycles. The van der Waals surface area contributed by atoms with E-state index in [1.54, 1.807) is 0 Å². The topological polar surface area (TPSA) is 40.5 Å². The van der Waals surface area contributed by atoms with Crippen LogP contribution in [-0.2, 0) is 4.79 Å². The third-order valence-electron chi connectivity index (χ3n) is 3.92. The zero-order valence-corrected chi connectivity index (χ0v) is 11.9. The number of nitrogens with zero attached hydrogens (tertiary/aromatic N) is 1. The molecule has 1 aromatic carbocycles. The highest BCUT2D eigenvalue weighted by Gasteiger charge is 2.26. The second-order valence-electron chi connectivity index (χ2n) is 5.30. The van der Waals surface area contributed by atoms with Gasteiger partial charge in [0.1, 0.15) is 0 Å². The van der Waals surface area contributed by atoms with Crippen LogP contribution in [0.2, 0.25) is 5.02 Å². The van der Waals surface area contributed by atoms with E-state index in [-0.39, 0.29) is 18.4 Å². The number of likely N-dealkylation sites (tertiary alicyclic amines) is 1. The number of halogens is 1. The highest BCUT2D eigenvalue weighted by Crippen LogP contribution is 2.31. The minimum Gasteiger partial charge on any atom is -0.481 e. The van der Waals surface area contributed by atoms with Gasteiger partial charge in [0, 0.05) is 24.0 Å². The minimum absolute atomic E-state index is 0.241. The molecule has 2 atom stereocenters. The van der Waals surface area contributed by atoms with E-state index in [1.165, 1.54) is 0 Å². The lowest BCUT2D eigenvalue weighted by atomic mass is 9.93. The average molecular weight is 282 g/mol. The summed E-state index contributed by atoms with van der Waals surface area (Å²) in [5, 5.41) is 9.70. The predicted molar refractivity (Wildman–Crippen MR) is 76.4 cm³/mol. The molecule has 3 nitrogen and oxygen atoms in total. The maximum Gasteiger partial charge on any atom is 0.303 e. The molecule has 0 amide bonds. The molecule has 2 unspecified atom stereocenters. The standard InChI is InChI=1S/C15H20ClNO2/c1-11(13-6-2-3-7-14(13)16)17-8-4-5-12(10-17)9-15(18)19/h2-3,6-7,11-12H,4-5,8-10H2,1H3,(H,18,19). The number of hydrogen-bond donors (Lipinski definition) is 1. The Labute approximate surface area is 119 Å². The first kappa shape index (κ1) is 14.4. The largest absolute Gasteiger partial charge is 0.481 e. The molecule has 1 fully saturated rings. The zero-order valence-electron chi connectivity index (χ0n) is 11.2. The molecule has 1 saturated heterocycles. The van der Waals surface area contributed by atoms with Crippen LogP contribution in [0.4, 0.5) is 0 Å². The normalized spacial score (nSPS) is 22.1. The van der Waals surface area contributed by atoms with Crippen LogP contribution in [0.15, 0.2) is 24.3 Å². The number of aliphatic carboxylic acids is 1. The van der Waals surface area contributed by atoms with E-state index in [0.717, 1.165) is 36.5 Å². The van der Waals surface area contributed by atoms with Crippen LogP contribution < -0.4 is 0 Å². The number of carboxylic acids is 1. The van der Waals surface area contributed by atoms with Crippen LogP contribution in [0.5, 0.6) is 0 Å². The molecule has 0 spiro atoms. The van der Waals surface area contributed by atoms with Crippen molar-refractivity contribution in [2.24, 2.45) is 5.92 Å². The smallest absolute Gasteiger partial charge is 0.303 e. The first-order valence-corrected chi connectivity index (χ1v) is 7.16. The number of carboxylic acid groups (broad SMARTS) is 1. The summed E-state index contributed by atoms with van der Waals surface area (Å²) in [6, 6.07) is 8.13. The monoisotopic (exact) mass is 281 g/mol. The fourth-order valence-electron chi connectivity index (χ4n) is 2.87. The molecule has 19 heavy (non-hydrogen) atoms. The minimum atomic E-state index is -0.697. The molecular formula is C15H20ClNO2. The van der Waals surface area contributed by atoms with E-state index in [1.807, 2.05) is 24.3 Å². The van der Waals surface area contributed by atoms with Crippen molar-refractivity contribution in [1.82, 2.24) is 4.90 Å². The molecule has 2 rings (SSSR count). The summed E-state index contributed by atoms with van der Waals surface area (Å²) in [4.78, 5) is 13.2. The Kier molecular flexibility index (Phi) is 4.83. The van der Waals surface area contributed by atoms with Crippen LogP contribution in [0.1, 0.15) is 37.8 Å². The van der Waals surface area contributed by atoms with Gasteiger partial charge in [-0.25, -0.2) is 0 Å². The van der Waals surface area contributed by atoms with Gasteiger partial charge in [0.25, 0.3) is 0 Å². The van der Waals surface area contributed by atoms with Crippen molar-refractivity contribution < 1.29 is 9.90 Å². The summed E-state index contributed by atoms with van der Waals surface area (Å²) >= 11 is 6.24. The number of piperidine rings is 1. The lowest BCUT2D eigenvalue weighted by molar-refractivity contribution is -0.138. The molecule has 104 valence electrons. The van der Waals surface area contributed by atoms with E-state index >= 15 is 0 Å². The van der Waals surface area contributed by atoms with Gasteiger partial charge >= 0.3 is 5.97 Å². The lowest BCUT2D eigenvalue weighted by Crippen LogP contribution is -2.38. The SMILES string of the molecule is CC(c1ccccc1Cl)N1CCCC(CC(=O)O)C1. The summed E-state index contributed by atoms with van der Waals surface area (Å²) in [6.45, 7) is 4.01. The van der Waals surface area contributed by atoms with Crippen LogP contribution in [0.25, 0.3) is 0 Å². The fourth-order valence-corrected chi connectivity index (χ4v) is 3.17. The number of carbonyl (C=O) groups is 1. The van der Waals surface area contributed by atoms with Gasteiger partial charge in [-0.15, -0.1) is 0 Å². The summed E-state index contributed by atoms with van der Waals surface area (Å²) in [5.74, 6) is -0.437. The van der Waals surface area contributed by atoms with Crippen LogP contribution in [0.3, 0.4) is 0 Å². The molecule has 1 heterocycles. The van der Waals surface area contributed by atoms with E-state index in [4.69, 9.17) is 16.7 Å². The molecule has 1 aliphatic rings. The molecule has 1 aromatic rings. The molecule has 0 aliphatic carbocycles. The maximum absolute atomic E-state index is 10.8. The average Bonchev–Trinajstić information content (AvgIpc) is 2.38. The Hall–Kier alpha value is -1.06. The second-order valence-corrected chi connectivity index (χ2v) is 5.71. The molecule has 1 aliphatic heterocycles. The van der Waals surface area contributed by atoms with Gasteiger partial charge in [0.05, 0.1) is 0 Å². The molecule has 0 radical (unpaired) electrons. The van der Waals surface area contributed by atoms with Gasteiger partial charge < -0.3 is 5.11 Å².